The van der Waals surface area contributed by atoms with E-state index in [1.165, 1.54) is 4.57 Å². The number of nitriles is 1. The summed E-state index contributed by atoms with van der Waals surface area (Å²) in [6.07, 6.45) is 1.15. The van der Waals surface area contributed by atoms with E-state index in [1.807, 2.05) is 43.3 Å². The molecule has 2 aliphatic heterocycles. The molecule has 0 saturated carbocycles. The summed E-state index contributed by atoms with van der Waals surface area (Å²) < 4.78 is 7.82. The lowest BCUT2D eigenvalue weighted by Gasteiger charge is -2.25. The summed E-state index contributed by atoms with van der Waals surface area (Å²) in [5.41, 5.74) is 1.04. The molecule has 7 nitrogen and oxygen atoms in total. The predicted octanol–water partition coefficient (Wildman–Crippen LogP) is 5.51. The maximum Gasteiger partial charge on any atom is 0.223 e. The van der Waals surface area contributed by atoms with Crippen molar-refractivity contribution in [2.45, 2.75) is 43.9 Å². The van der Waals surface area contributed by atoms with Gasteiger partial charge in [0.25, 0.3) is 0 Å². The molecule has 2 bridgehead atoms. The minimum absolute atomic E-state index is 0.00825. The number of halogens is 1. The number of hydrogen-bond donors (Lipinski definition) is 3. The molecule has 2 aliphatic rings. The van der Waals surface area contributed by atoms with Crippen LogP contribution in [-0.4, -0.2) is 20.7 Å². The summed E-state index contributed by atoms with van der Waals surface area (Å²) in [5, 5.41) is 37.5. The number of carbonyl (C=O) groups excluding carboxylic acids is 1. The van der Waals surface area contributed by atoms with Crippen LogP contribution in [0, 0.1) is 11.3 Å². The zero-order chi connectivity index (χ0) is 25.9. The maximum absolute atomic E-state index is 13.1. The average molecular weight is 514 g/mol. The number of fused-ring (bicyclic) bond motifs is 6. The van der Waals surface area contributed by atoms with Crippen molar-refractivity contribution in [1.82, 2.24) is 9.88 Å². The van der Waals surface area contributed by atoms with Crippen LogP contribution in [0.4, 0.5) is 0 Å². The Morgan fingerprint density at radius 2 is 1.76 bits per heavy atom. The quantitative estimate of drug-likeness (QED) is 0.326. The van der Waals surface area contributed by atoms with E-state index in [9.17, 15) is 20.3 Å². The second-order valence-electron chi connectivity index (χ2n) is 9.93. The van der Waals surface area contributed by atoms with E-state index >= 15 is 0 Å². The van der Waals surface area contributed by atoms with E-state index in [4.69, 9.17) is 16.3 Å². The summed E-state index contributed by atoms with van der Waals surface area (Å²) in [5.74, 6) is -0.494. The van der Waals surface area contributed by atoms with Crippen LogP contribution in [0.5, 0.6) is 11.8 Å². The number of aromatic hydroxyl groups is 2. The number of nitrogens with zero attached hydrogens (tertiary/aromatic N) is 2. The normalized spacial score (nSPS) is 21.6. The van der Waals surface area contributed by atoms with Gasteiger partial charge < -0.3 is 20.3 Å². The molecule has 3 heterocycles. The first-order valence-corrected chi connectivity index (χ1v) is 12.5. The standard InChI is InChI=1S/C29H24ClN3O4/c1-28-12-13-29(37-28,14-23(34)32-16-17-6-9-19(30)10-7-17)25-24(28)26(35)33(27(25)36)22-11-8-18(15-31)20-4-2-3-5-21(20)22/h2-11,35-36H,12-14,16H2,1H3,(H,32,34)/t28-,29?/m1/s1. The zero-order valence-corrected chi connectivity index (χ0v) is 20.8. The van der Waals surface area contributed by atoms with Crippen molar-refractivity contribution in [3.63, 3.8) is 0 Å². The highest BCUT2D eigenvalue weighted by atomic mass is 35.5. The summed E-state index contributed by atoms with van der Waals surface area (Å²) in [6.45, 7) is 2.22. The molecule has 0 radical (unpaired) electrons. The molecular weight excluding hydrogens is 490 g/mol. The minimum atomic E-state index is -1.05. The Hall–Kier alpha value is -3.99. The van der Waals surface area contributed by atoms with E-state index in [0.29, 0.717) is 52.2 Å². The molecule has 0 aliphatic carbocycles. The molecular formula is C29H24ClN3O4. The van der Waals surface area contributed by atoms with Gasteiger partial charge in [0.2, 0.25) is 17.7 Å². The second kappa shape index (κ2) is 8.27. The molecule has 6 rings (SSSR count). The van der Waals surface area contributed by atoms with E-state index in [-0.39, 0.29) is 24.1 Å². The highest BCUT2D eigenvalue weighted by Gasteiger charge is 2.62. The molecule has 3 aromatic carbocycles. The summed E-state index contributed by atoms with van der Waals surface area (Å²) >= 11 is 5.95. The first-order chi connectivity index (χ1) is 17.8. The van der Waals surface area contributed by atoms with Gasteiger partial charge in [0.15, 0.2) is 0 Å². The van der Waals surface area contributed by atoms with Crippen LogP contribution in [0.2, 0.25) is 5.02 Å². The molecule has 8 heteroatoms. The van der Waals surface area contributed by atoms with Gasteiger partial charge in [-0.15, -0.1) is 0 Å². The molecule has 0 spiro atoms. The van der Waals surface area contributed by atoms with Gasteiger partial charge in [-0.05, 0) is 49.6 Å². The maximum atomic E-state index is 13.1. The summed E-state index contributed by atoms with van der Waals surface area (Å²) in [6, 6.07) is 20.2. The first-order valence-electron chi connectivity index (χ1n) is 12.1. The summed E-state index contributed by atoms with van der Waals surface area (Å²) in [7, 11) is 0. The van der Waals surface area contributed by atoms with Crippen LogP contribution in [0.3, 0.4) is 0 Å². The lowest BCUT2D eigenvalue weighted by Crippen LogP contribution is -2.33. The van der Waals surface area contributed by atoms with Gasteiger partial charge in [0.05, 0.1) is 40.5 Å². The van der Waals surface area contributed by atoms with Crippen molar-refractivity contribution < 1.29 is 19.7 Å². The highest BCUT2D eigenvalue weighted by Crippen LogP contribution is 2.65. The summed E-state index contributed by atoms with van der Waals surface area (Å²) in [4.78, 5) is 13.1. The number of rotatable bonds is 5. The van der Waals surface area contributed by atoms with Gasteiger partial charge in [0.1, 0.15) is 5.60 Å². The fourth-order valence-electron chi connectivity index (χ4n) is 5.95. The van der Waals surface area contributed by atoms with Crippen LogP contribution in [-0.2, 0) is 27.3 Å². The van der Waals surface area contributed by atoms with E-state index < -0.39 is 11.2 Å². The van der Waals surface area contributed by atoms with Gasteiger partial charge in [-0.25, -0.2) is 0 Å². The molecule has 186 valence electrons. The third kappa shape index (κ3) is 3.48. The first kappa shape index (κ1) is 23.4. The number of carbonyl (C=O) groups is 1. The molecule has 2 atom stereocenters. The van der Waals surface area contributed by atoms with Crippen molar-refractivity contribution in [3.8, 4) is 23.5 Å². The Labute approximate surface area is 218 Å². The van der Waals surface area contributed by atoms with Gasteiger partial charge in [-0.2, -0.15) is 5.26 Å². The fraction of sp³-hybridized carbons (Fsp3) is 0.241. The van der Waals surface area contributed by atoms with Crippen LogP contribution in [0.25, 0.3) is 16.5 Å². The van der Waals surface area contributed by atoms with Gasteiger partial charge in [-0.1, -0.05) is 48.0 Å². The highest BCUT2D eigenvalue weighted by molar-refractivity contribution is 6.30. The molecule has 37 heavy (non-hydrogen) atoms. The molecule has 1 aromatic heterocycles. The topological polar surface area (TPSA) is 108 Å². The van der Waals surface area contributed by atoms with Crippen LogP contribution >= 0.6 is 11.6 Å². The monoisotopic (exact) mass is 513 g/mol. The third-order valence-electron chi connectivity index (χ3n) is 7.64. The molecule has 1 saturated heterocycles. The van der Waals surface area contributed by atoms with Gasteiger partial charge in [-0.3, -0.25) is 9.36 Å². The van der Waals surface area contributed by atoms with Crippen molar-refractivity contribution in [2.24, 2.45) is 0 Å². The number of aromatic nitrogens is 1. The largest absolute Gasteiger partial charge is 0.494 e. The van der Waals surface area contributed by atoms with Gasteiger partial charge >= 0.3 is 0 Å². The number of ether oxygens (including phenoxy) is 1. The smallest absolute Gasteiger partial charge is 0.223 e. The number of benzene rings is 3. The Kier molecular flexibility index (Phi) is 5.23. The van der Waals surface area contributed by atoms with Crippen LogP contribution in [0.1, 0.15) is 48.4 Å². The van der Waals surface area contributed by atoms with Gasteiger partial charge in [0, 0.05) is 22.3 Å². The van der Waals surface area contributed by atoms with Crippen LogP contribution < -0.4 is 5.32 Å². The molecule has 3 N–H and O–H groups in total. The van der Waals surface area contributed by atoms with E-state index in [0.717, 1.165) is 10.9 Å². The SMILES string of the molecule is C[C@]12CCC(CC(=O)NCc3ccc(Cl)cc3)(O1)c1c2c(O)n(-c2ccc(C#N)c3ccccc23)c1O. The number of nitrogens with one attached hydrogen (secondary N) is 1. The minimum Gasteiger partial charge on any atom is -0.494 e. The lowest BCUT2D eigenvalue weighted by molar-refractivity contribution is -0.132. The Balaban J connectivity index is 1.39. The van der Waals surface area contributed by atoms with Crippen molar-refractivity contribution in [2.75, 3.05) is 0 Å². The predicted molar refractivity (Wildman–Crippen MR) is 139 cm³/mol. The molecule has 1 fully saturated rings. The Bertz CT molecular complexity index is 1620. The van der Waals surface area contributed by atoms with E-state index in [1.54, 1.807) is 24.3 Å². The van der Waals surface area contributed by atoms with Crippen molar-refractivity contribution in [1.29, 1.82) is 5.26 Å². The Morgan fingerprint density at radius 3 is 2.49 bits per heavy atom. The van der Waals surface area contributed by atoms with E-state index in [2.05, 4.69) is 11.4 Å². The number of hydrogen-bond acceptors (Lipinski definition) is 5. The lowest BCUT2D eigenvalue weighted by atomic mass is 9.77. The third-order valence-corrected chi connectivity index (χ3v) is 7.90. The van der Waals surface area contributed by atoms with Crippen molar-refractivity contribution in [3.05, 3.63) is 87.9 Å². The average Bonchev–Trinajstić information content (AvgIpc) is 3.47. The molecule has 4 aromatic rings. The van der Waals surface area contributed by atoms with Crippen molar-refractivity contribution >= 4 is 28.3 Å². The molecule has 1 amide bonds. The second-order valence-corrected chi connectivity index (χ2v) is 10.4. The fourth-order valence-corrected chi connectivity index (χ4v) is 6.07. The zero-order valence-electron chi connectivity index (χ0n) is 20.1. The Morgan fingerprint density at radius 1 is 1.05 bits per heavy atom. The van der Waals surface area contributed by atoms with Crippen LogP contribution in [0.15, 0.2) is 60.7 Å². The molecule has 1 unspecified atom stereocenters. The number of amides is 1.